The second-order valence-corrected chi connectivity index (χ2v) is 2.90. The molecule has 0 N–H and O–H groups in total. The molecule has 0 aromatic rings. The third kappa shape index (κ3) is 12.6. The van der Waals surface area contributed by atoms with E-state index in [1.54, 1.807) is 21.3 Å². The van der Waals surface area contributed by atoms with Crippen molar-refractivity contribution in [2.24, 2.45) is 4.99 Å². The standard InChI is InChI=1S/C3H9O3Si.C2H3NO/c1-4-7(5-2)6-3;1-3-2-4/h1-3H3;1H3. The van der Waals surface area contributed by atoms with Crippen molar-refractivity contribution in [3.63, 3.8) is 0 Å². The smallest absolute Gasteiger partial charge is 0.375 e. The van der Waals surface area contributed by atoms with Crippen molar-refractivity contribution in [3.8, 4) is 0 Å². The number of nitrogens with zero attached hydrogens (tertiary/aromatic N) is 1. The first-order chi connectivity index (χ1) is 5.26. The highest BCUT2D eigenvalue weighted by atomic mass is 28.3. The molecule has 0 saturated heterocycles. The van der Waals surface area contributed by atoms with Gasteiger partial charge in [-0.1, -0.05) is 0 Å². The summed E-state index contributed by atoms with van der Waals surface area (Å²) in [6.45, 7) is 0. The van der Waals surface area contributed by atoms with Gasteiger partial charge in [0.1, 0.15) is 0 Å². The molecule has 0 saturated carbocycles. The van der Waals surface area contributed by atoms with Crippen LogP contribution in [0.25, 0.3) is 0 Å². The van der Waals surface area contributed by atoms with Crippen LogP contribution in [0, 0.1) is 0 Å². The van der Waals surface area contributed by atoms with Crippen LogP contribution in [0.2, 0.25) is 0 Å². The Bertz CT molecular complexity index is 106. The molecule has 0 atom stereocenters. The van der Waals surface area contributed by atoms with E-state index in [1.807, 2.05) is 0 Å². The van der Waals surface area contributed by atoms with E-state index < -0.39 is 9.53 Å². The molecule has 5 nitrogen and oxygen atoms in total. The first-order valence-corrected chi connectivity index (χ1v) is 3.94. The van der Waals surface area contributed by atoms with Gasteiger partial charge in [-0.05, 0) is 0 Å². The molecule has 0 aromatic carbocycles. The fourth-order valence-corrected chi connectivity index (χ4v) is 0.750. The average molecular weight is 178 g/mol. The molecule has 0 spiro atoms. The van der Waals surface area contributed by atoms with Crippen molar-refractivity contribution in [2.75, 3.05) is 28.4 Å². The molecule has 0 heterocycles. The van der Waals surface area contributed by atoms with Crippen LogP contribution < -0.4 is 0 Å². The van der Waals surface area contributed by atoms with Gasteiger partial charge in [-0.2, -0.15) is 0 Å². The molecular weight excluding hydrogens is 166 g/mol. The number of hydrogen-bond acceptors (Lipinski definition) is 5. The summed E-state index contributed by atoms with van der Waals surface area (Å²) in [6.07, 6.45) is 1.31. The van der Waals surface area contributed by atoms with Gasteiger partial charge in [0, 0.05) is 28.4 Å². The average Bonchev–Trinajstić information content (AvgIpc) is 2.08. The highest BCUT2D eigenvalue weighted by Gasteiger charge is 2.09. The van der Waals surface area contributed by atoms with Crippen molar-refractivity contribution >= 4 is 15.6 Å². The Balaban J connectivity index is 0. The van der Waals surface area contributed by atoms with E-state index in [9.17, 15) is 0 Å². The summed E-state index contributed by atoms with van der Waals surface area (Å²) < 4.78 is 14.1. The molecule has 0 aliphatic rings. The number of rotatable bonds is 3. The Morgan fingerprint density at radius 2 is 1.45 bits per heavy atom. The predicted molar refractivity (Wildman–Crippen MR) is 40.8 cm³/mol. The minimum Gasteiger partial charge on any atom is -0.375 e. The largest absolute Gasteiger partial charge is 0.576 e. The Morgan fingerprint density at radius 1 is 1.18 bits per heavy atom. The van der Waals surface area contributed by atoms with Gasteiger partial charge in [0.05, 0.1) is 0 Å². The van der Waals surface area contributed by atoms with Crippen molar-refractivity contribution in [1.29, 1.82) is 0 Å². The minimum absolute atomic E-state index is 1.31. The molecule has 0 aliphatic carbocycles. The Morgan fingerprint density at radius 3 is 1.45 bits per heavy atom. The molecule has 11 heavy (non-hydrogen) atoms. The molecule has 0 aliphatic heterocycles. The van der Waals surface area contributed by atoms with Crippen LogP contribution in [0.15, 0.2) is 4.99 Å². The summed E-state index contributed by atoms with van der Waals surface area (Å²) in [5.74, 6) is 0. The zero-order chi connectivity index (χ0) is 9.11. The van der Waals surface area contributed by atoms with Crippen LogP contribution in [-0.2, 0) is 18.1 Å². The first kappa shape index (κ1) is 13.1. The van der Waals surface area contributed by atoms with Gasteiger partial charge in [0.15, 0.2) is 0 Å². The lowest BCUT2D eigenvalue weighted by molar-refractivity contribution is 0.163. The van der Waals surface area contributed by atoms with Crippen LogP contribution in [0.4, 0.5) is 0 Å². The molecule has 1 radical (unpaired) electrons. The normalized spacial score (nSPS) is 8.09. The van der Waals surface area contributed by atoms with E-state index in [0.29, 0.717) is 0 Å². The summed E-state index contributed by atoms with van der Waals surface area (Å²) in [7, 11) is 4.69. The quantitative estimate of drug-likeness (QED) is 0.343. The van der Waals surface area contributed by atoms with E-state index in [2.05, 4.69) is 4.99 Å². The Hall–Kier alpha value is -0.523. The summed E-state index contributed by atoms with van der Waals surface area (Å²) in [6, 6.07) is 0. The van der Waals surface area contributed by atoms with E-state index >= 15 is 0 Å². The van der Waals surface area contributed by atoms with Crippen molar-refractivity contribution in [3.05, 3.63) is 0 Å². The SMILES string of the molecule is CN=C=O.CO[Si](OC)OC. The number of aliphatic imine (C=N–C) groups is 1. The lowest BCUT2D eigenvalue weighted by Crippen LogP contribution is -2.21. The van der Waals surface area contributed by atoms with E-state index in [4.69, 9.17) is 18.1 Å². The molecule has 0 unspecified atom stereocenters. The molecule has 0 bridgehead atoms. The molecule has 0 rings (SSSR count). The molecule has 6 heteroatoms. The lowest BCUT2D eigenvalue weighted by atomic mass is 11.4. The van der Waals surface area contributed by atoms with E-state index in [-0.39, 0.29) is 0 Å². The van der Waals surface area contributed by atoms with Crippen LogP contribution in [0.3, 0.4) is 0 Å². The third-order valence-electron chi connectivity index (χ3n) is 0.591. The fourth-order valence-electron chi connectivity index (χ4n) is 0.250. The lowest BCUT2D eigenvalue weighted by Gasteiger charge is -2.02. The highest BCUT2D eigenvalue weighted by molar-refractivity contribution is 6.36. The zero-order valence-electron chi connectivity index (χ0n) is 7.08. The van der Waals surface area contributed by atoms with Crippen LogP contribution in [0.5, 0.6) is 0 Å². The van der Waals surface area contributed by atoms with Gasteiger partial charge < -0.3 is 13.3 Å². The molecule has 0 amide bonds. The van der Waals surface area contributed by atoms with Crippen molar-refractivity contribution < 1.29 is 18.1 Å². The van der Waals surface area contributed by atoms with Gasteiger partial charge >= 0.3 is 9.53 Å². The molecule has 0 aromatic heterocycles. The van der Waals surface area contributed by atoms with Gasteiger partial charge in [0.25, 0.3) is 0 Å². The van der Waals surface area contributed by atoms with Crippen molar-refractivity contribution in [2.45, 2.75) is 0 Å². The Labute approximate surface area is 67.9 Å². The maximum atomic E-state index is 8.88. The minimum atomic E-state index is -1.36. The van der Waals surface area contributed by atoms with Gasteiger partial charge in [-0.3, -0.25) is 0 Å². The van der Waals surface area contributed by atoms with Crippen LogP contribution >= 0.6 is 0 Å². The summed E-state index contributed by atoms with van der Waals surface area (Å²) in [4.78, 5) is 11.8. The maximum Gasteiger partial charge on any atom is 0.576 e. The number of isocyanates is 1. The molecular formula is C5H12NO4Si. The van der Waals surface area contributed by atoms with Gasteiger partial charge in [0.2, 0.25) is 6.08 Å². The zero-order valence-corrected chi connectivity index (χ0v) is 8.08. The summed E-state index contributed by atoms with van der Waals surface area (Å²) in [5.41, 5.74) is 0. The highest BCUT2D eigenvalue weighted by Crippen LogP contribution is 1.81. The third-order valence-corrected chi connectivity index (χ3v) is 1.59. The molecule has 65 valence electrons. The summed E-state index contributed by atoms with van der Waals surface area (Å²) >= 11 is 0. The summed E-state index contributed by atoms with van der Waals surface area (Å²) in [5, 5.41) is 0. The Kier molecular flexibility index (Phi) is 14.5. The van der Waals surface area contributed by atoms with Gasteiger partial charge in [-0.15, -0.1) is 0 Å². The second-order valence-electron chi connectivity index (χ2n) is 1.18. The van der Waals surface area contributed by atoms with E-state index in [0.717, 1.165) is 0 Å². The first-order valence-electron chi connectivity index (χ1n) is 2.71. The molecule has 0 fully saturated rings. The number of hydrogen-bond donors (Lipinski definition) is 0. The monoisotopic (exact) mass is 178 g/mol. The second kappa shape index (κ2) is 12.2. The van der Waals surface area contributed by atoms with E-state index in [1.165, 1.54) is 13.1 Å². The predicted octanol–water partition coefficient (Wildman–Crippen LogP) is -0.138. The van der Waals surface area contributed by atoms with Crippen LogP contribution in [-0.4, -0.2) is 44.0 Å². The van der Waals surface area contributed by atoms with Crippen molar-refractivity contribution in [1.82, 2.24) is 0 Å². The fraction of sp³-hybridized carbons (Fsp3) is 0.800. The maximum absolute atomic E-state index is 8.88. The van der Waals surface area contributed by atoms with Crippen LogP contribution in [0.1, 0.15) is 0 Å². The van der Waals surface area contributed by atoms with Gasteiger partial charge in [-0.25, -0.2) is 9.79 Å². The topological polar surface area (TPSA) is 57.1 Å². The number of carbonyl (C=O) groups excluding carboxylic acids is 1.